The molecular formula is C28H45N3O6S. The molecule has 0 aliphatic rings. The SMILES string of the molecule is COC(=O)CNC(=O)C(c1cc(C)ccc1C)N(C(=O)C(CS)NC(=O)OC(C)(C)C)C(C)CCC(C)C. The monoisotopic (exact) mass is 551 g/mol. The van der Waals surface area contributed by atoms with Gasteiger partial charge in [0, 0.05) is 11.8 Å². The average Bonchev–Trinajstić information content (AvgIpc) is 2.82. The van der Waals surface area contributed by atoms with Crippen molar-refractivity contribution in [1.29, 1.82) is 0 Å². The minimum Gasteiger partial charge on any atom is -0.468 e. The molecule has 0 bridgehead atoms. The van der Waals surface area contributed by atoms with Gasteiger partial charge in [-0.1, -0.05) is 37.6 Å². The minimum atomic E-state index is -1.06. The Kier molecular flexibility index (Phi) is 13.1. The normalized spacial score (nSPS) is 13.8. The van der Waals surface area contributed by atoms with Crippen LogP contribution in [0.3, 0.4) is 0 Å². The van der Waals surface area contributed by atoms with Crippen molar-refractivity contribution in [2.24, 2.45) is 5.92 Å². The van der Waals surface area contributed by atoms with Gasteiger partial charge in [-0.3, -0.25) is 14.4 Å². The lowest BCUT2D eigenvalue weighted by Gasteiger charge is -2.39. The number of esters is 1. The third-order valence-electron chi connectivity index (χ3n) is 5.95. The first-order chi connectivity index (χ1) is 17.6. The number of thiol groups is 1. The van der Waals surface area contributed by atoms with Crippen LogP contribution in [0.2, 0.25) is 0 Å². The lowest BCUT2D eigenvalue weighted by molar-refractivity contribution is -0.146. The second-order valence-electron chi connectivity index (χ2n) is 11.0. The molecule has 3 unspecified atom stereocenters. The molecule has 0 aromatic heterocycles. The summed E-state index contributed by atoms with van der Waals surface area (Å²) in [7, 11) is 1.24. The number of hydrogen-bond donors (Lipinski definition) is 3. The van der Waals surface area contributed by atoms with Crippen LogP contribution in [-0.4, -0.2) is 65.9 Å². The van der Waals surface area contributed by atoms with Crippen molar-refractivity contribution in [2.75, 3.05) is 19.4 Å². The Hall–Kier alpha value is -2.75. The van der Waals surface area contributed by atoms with Crippen molar-refractivity contribution in [3.05, 3.63) is 34.9 Å². The highest BCUT2D eigenvalue weighted by molar-refractivity contribution is 7.80. The Morgan fingerprint density at radius 3 is 2.21 bits per heavy atom. The molecule has 1 rings (SSSR count). The van der Waals surface area contributed by atoms with Gasteiger partial charge in [0.15, 0.2) is 0 Å². The molecule has 214 valence electrons. The van der Waals surface area contributed by atoms with Crippen LogP contribution in [0.15, 0.2) is 18.2 Å². The zero-order valence-electron chi connectivity index (χ0n) is 24.2. The van der Waals surface area contributed by atoms with Crippen LogP contribution < -0.4 is 10.6 Å². The summed E-state index contributed by atoms with van der Waals surface area (Å²) >= 11 is 4.33. The summed E-state index contributed by atoms with van der Waals surface area (Å²) in [5.41, 5.74) is 1.60. The first kappa shape index (κ1) is 33.3. The van der Waals surface area contributed by atoms with Gasteiger partial charge in [-0.05, 0) is 71.4 Å². The van der Waals surface area contributed by atoms with E-state index < -0.39 is 41.6 Å². The Balaban J connectivity index is 3.61. The van der Waals surface area contributed by atoms with Gasteiger partial charge >= 0.3 is 12.1 Å². The number of hydrogen-bond acceptors (Lipinski definition) is 7. The molecule has 0 aliphatic carbocycles. The number of benzene rings is 1. The Labute approximate surface area is 232 Å². The quantitative estimate of drug-likeness (QED) is 0.266. The highest BCUT2D eigenvalue weighted by Crippen LogP contribution is 2.30. The first-order valence-electron chi connectivity index (χ1n) is 12.9. The number of amides is 3. The predicted molar refractivity (Wildman–Crippen MR) is 151 cm³/mol. The maximum Gasteiger partial charge on any atom is 0.408 e. The van der Waals surface area contributed by atoms with E-state index in [0.717, 1.165) is 17.5 Å². The van der Waals surface area contributed by atoms with Crippen molar-refractivity contribution in [2.45, 2.75) is 92.0 Å². The molecular weight excluding hydrogens is 506 g/mol. The molecule has 0 saturated carbocycles. The van der Waals surface area contributed by atoms with Crippen molar-refractivity contribution in [3.8, 4) is 0 Å². The summed E-state index contributed by atoms with van der Waals surface area (Å²) in [6, 6.07) is 3.21. The number of rotatable bonds is 12. The smallest absolute Gasteiger partial charge is 0.408 e. The molecule has 1 aromatic rings. The number of methoxy groups -OCH3 is 1. The highest BCUT2D eigenvalue weighted by Gasteiger charge is 2.39. The fourth-order valence-corrected chi connectivity index (χ4v) is 4.18. The average molecular weight is 552 g/mol. The third-order valence-corrected chi connectivity index (χ3v) is 6.32. The molecule has 9 nitrogen and oxygen atoms in total. The standard InChI is InChI=1S/C28H45N3O6S/c1-17(2)10-13-20(5)31(26(34)22(16-38)30-27(35)37-28(6,7)8)24(25(33)29-15-23(32)36-9)21-14-18(3)11-12-19(21)4/h11-12,14,17,20,22,24,38H,10,13,15-16H2,1-9H3,(H,29,33)(H,30,35). The van der Waals surface area contributed by atoms with E-state index in [0.29, 0.717) is 17.9 Å². The maximum atomic E-state index is 14.1. The number of alkyl carbamates (subject to hydrolysis) is 1. The number of ether oxygens (including phenoxy) is 2. The predicted octanol–water partition coefficient (Wildman–Crippen LogP) is 4.11. The van der Waals surface area contributed by atoms with Gasteiger partial charge in [-0.25, -0.2) is 4.79 Å². The summed E-state index contributed by atoms with van der Waals surface area (Å²) in [5, 5.41) is 5.24. The number of nitrogens with zero attached hydrogens (tertiary/aromatic N) is 1. The Morgan fingerprint density at radius 1 is 1.05 bits per heavy atom. The van der Waals surface area contributed by atoms with Gasteiger partial charge < -0.3 is 25.0 Å². The van der Waals surface area contributed by atoms with E-state index in [1.807, 2.05) is 39.0 Å². The van der Waals surface area contributed by atoms with Gasteiger partial charge in [-0.2, -0.15) is 12.6 Å². The molecule has 3 amide bonds. The largest absolute Gasteiger partial charge is 0.468 e. The molecule has 0 heterocycles. The van der Waals surface area contributed by atoms with Crippen LogP contribution in [0.25, 0.3) is 0 Å². The zero-order chi connectivity index (χ0) is 29.2. The van der Waals surface area contributed by atoms with E-state index in [9.17, 15) is 19.2 Å². The Morgan fingerprint density at radius 2 is 1.68 bits per heavy atom. The molecule has 0 saturated heterocycles. The van der Waals surface area contributed by atoms with Gasteiger partial charge in [-0.15, -0.1) is 0 Å². The van der Waals surface area contributed by atoms with E-state index in [1.165, 1.54) is 12.0 Å². The highest BCUT2D eigenvalue weighted by atomic mass is 32.1. The molecule has 1 aromatic carbocycles. The van der Waals surface area contributed by atoms with Gasteiger partial charge in [0.25, 0.3) is 0 Å². The van der Waals surface area contributed by atoms with Crippen LogP contribution in [0.4, 0.5) is 4.79 Å². The van der Waals surface area contributed by atoms with Crippen molar-refractivity contribution in [1.82, 2.24) is 15.5 Å². The van der Waals surface area contributed by atoms with Crippen molar-refractivity contribution < 1.29 is 28.7 Å². The van der Waals surface area contributed by atoms with Crippen LogP contribution in [0, 0.1) is 19.8 Å². The lowest BCUT2D eigenvalue weighted by atomic mass is 9.93. The van der Waals surface area contributed by atoms with Crippen molar-refractivity contribution >= 4 is 36.5 Å². The van der Waals surface area contributed by atoms with Gasteiger partial charge in [0.2, 0.25) is 11.8 Å². The number of carbonyl (C=O) groups excluding carboxylic acids is 4. The summed E-state index contributed by atoms with van der Waals surface area (Å²) < 4.78 is 10.0. The lowest BCUT2D eigenvalue weighted by Crippen LogP contribution is -2.56. The molecule has 2 N–H and O–H groups in total. The molecule has 0 fully saturated rings. The molecule has 3 atom stereocenters. The third kappa shape index (κ3) is 10.6. The minimum absolute atomic E-state index is 0.00518. The molecule has 38 heavy (non-hydrogen) atoms. The molecule has 0 spiro atoms. The van der Waals surface area contributed by atoms with Crippen LogP contribution in [0.5, 0.6) is 0 Å². The van der Waals surface area contributed by atoms with E-state index >= 15 is 0 Å². The molecule has 0 radical (unpaired) electrons. The maximum absolute atomic E-state index is 14.1. The first-order valence-corrected chi connectivity index (χ1v) is 13.6. The van der Waals surface area contributed by atoms with Crippen LogP contribution in [-0.2, 0) is 23.9 Å². The van der Waals surface area contributed by atoms with Crippen LogP contribution >= 0.6 is 12.6 Å². The van der Waals surface area contributed by atoms with E-state index in [2.05, 4.69) is 41.8 Å². The number of aryl methyl sites for hydroxylation is 2. The fraction of sp³-hybridized carbons (Fsp3) is 0.643. The molecule has 0 aliphatic heterocycles. The Bertz CT molecular complexity index is 976. The van der Waals surface area contributed by atoms with Crippen molar-refractivity contribution in [3.63, 3.8) is 0 Å². The van der Waals surface area contributed by atoms with Gasteiger partial charge in [0.05, 0.1) is 7.11 Å². The van der Waals surface area contributed by atoms with E-state index in [-0.39, 0.29) is 18.3 Å². The zero-order valence-corrected chi connectivity index (χ0v) is 25.1. The summed E-state index contributed by atoms with van der Waals surface area (Å²) in [5.74, 6) is -1.23. The number of nitrogens with one attached hydrogen (secondary N) is 2. The van der Waals surface area contributed by atoms with Gasteiger partial charge in [0.1, 0.15) is 24.2 Å². The van der Waals surface area contributed by atoms with E-state index in [4.69, 9.17) is 4.74 Å². The second-order valence-corrected chi connectivity index (χ2v) is 11.4. The molecule has 10 heteroatoms. The fourth-order valence-electron chi connectivity index (χ4n) is 3.93. The summed E-state index contributed by atoms with van der Waals surface area (Å²) in [6.07, 6.45) is 0.693. The second kappa shape index (κ2) is 15.0. The number of carbonyl (C=O) groups is 4. The van der Waals surface area contributed by atoms with E-state index in [1.54, 1.807) is 20.8 Å². The summed E-state index contributed by atoms with van der Waals surface area (Å²) in [6.45, 7) is 14.7. The topological polar surface area (TPSA) is 114 Å². The van der Waals surface area contributed by atoms with Crippen LogP contribution in [0.1, 0.15) is 77.1 Å². The summed E-state index contributed by atoms with van der Waals surface area (Å²) in [4.78, 5) is 53.7.